The van der Waals surface area contributed by atoms with E-state index in [4.69, 9.17) is 0 Å². The molecule has 1 aromatic carbocycles. The van der Waals surface area contributed by atoms with Crippen LogP contribution in [0.15, 0.2) is 54.9 Å². The minimum Gasteiger partial charge on any atom is -0.362 e. The normalized spacial score (nSPS) is 16.0. The molecule has 1 N–H and O–H groups in total. The zero-order valence-electron chi connectivity index (χ0n) is 13.9. The van der Waals surface area contributed by atoms with Crippen molar-refractivity contribution in [3.8, 4) is 6.07 Å². The zero-order chi connectivity index (χ0) is 17.1. The molecule has 0 bridgehead atoms. The predicted octanol–water partition coefficient (Wildman–Crippen LogP) is 3.69. The third-order valence-corrected chi connectivity index (χ3v) is 4.68. The molecule has 3 aromatic rings. The van der Waals surface area contributed by atoms with E-state index in [1.54, 1.807) is 18.3 Å². The largest absolute Gasteiger partial charge is 0.362 e. The highest BCUT2D eigenvalue weighted by molar-refractivity contribution is 5.53. The van der Waals surface area contributed by atoms with Crippen LogP contribution in [0.25, 0.3) is 0 Å². The Labute approximate surface area is 146 Å². The molecule has 1 aliphatic carbocycles. The van der Waals surface area contributed by atoms with E-state index in [2.05, 4.69) is 50.4 Å². The first-order chi connectivity index (χ1) is 12.3. The molecule has 0 saturated heterocycles. The Morgan fingerprint density at radius 3 is 2.92 bits per heavy atom. The van der Waals surface area contributed by atoms with Gasteiger partial charge in [-0.2, -0.15) is 10.4 Å². The number of aromatic nitrogens is 3. The van der Waals surface area contributed by atoms with Gasteiger partial charge in [0.1, 0.15) is 11.9 Å². The molecule has 4 rings (SSSR count). The minimum absolute atomic E-state index is 0.148. The summed E-state index contributed by atoms with van der Waals surface area (Å²) in [4.78, 5) is 4.33. The van der Waals surface area contributed by atoms with Gasteiger partial charge in [0.2, 0.25) is 0 Å². The smallest absolute Gasteiger partial charge is 0.144 e. The van der Waals surface area contributed by atoms with Crippen molar-refractivity contribution in [3.05, 3.63) is 77.2 Å². The lowest BCUT2D eigenvalue weighted by Gasteiger charge is -2.25. The SMILES string of the molecule is N#Cc1cccnc1NC1CCCc2c1cnn2Cc1ccccc1. The van der Waals surface area contributed by atoms with Crippen molar-refractivity contribution in [1.29, 1.82) is 5.26 Å². The molecule has 1 unspecified atom stereocenters. The summed E-state index contributed by atoms with van der Waals surface area (Å²) in [5.41, 5.74) is 4.32. The highest BCUT2D eigenvalue weighted by Crippen LogP contribution is 2.32. The summed E-state index contributed by atoms with van der Waals surface area (Å²) in [6.07, 6.45) is 6.83. The lowest BCUT2D eigenvalue weighted by Crippen LogP contribution is -2.19. The number of hydrogen-bond donors (Lipinski definition) is 1. The zero-order valence-corrected chi connectivity index (χ0v) is 13.9. The van der Waals surface area contributed by atoms with E-state index in [0.29, 0.717) is 11.4 Å². The fourth-order valence-corrected chi connectivity index (χ4v) is 3.44. The number of hydrogen-bond acceptors (Lipinski definition) is 4. The van der Waals surface area contributed by atoms with E-state index in [1.807, 2.05) is 12.3 Å². The van der Waals surface area contributed by atoms with Crippen molar-refractivity contribution in [3.63, 3.8) is 0 Å². The maximum absolute atomic E-state index is 9.26. The Morgan fingerprint density at radius 1 is 1.20 bits per heavy atom. The quantitative estimate of drug-likeness (QED) is 0.793. The fourth-order valence-electron chi connectivity index (χ4n) is 3.44. The molecule has 0 radical (unpaired) electrons. The van der Waals surface area contributed by atoms with Crippen LogP contribution in [0.4, 0.5) is 5.82 Å². The third-order valence-electron chi connectivity index (χ3n) is 4.68. The Hall–Kier alpha value is -3.13. The lowest BCUT2D eigenvalue weighted by atomic mass is 9.92. The first-order valence-electron chi connectivity index (χ1n) is 8.55. The molecule has 0 spiro atoms. The summed E-state index contributed by atoms with van der Waals surface area (Å²) in [6, 6.07) is 16.3. The molecule has 0 saturated carbocycles. The van der Waals surface area contributed by atoms with Crippen LogP contribution in [0.2, 0.25) is 0 Å². The molecule has 5 nitrogen and oxygen atoms in total. The van der Waals surface area contributed by atoms with Crippen LogP contribution in [0, 0.1) is 11.3 Å². The summed E-state index contributed by atoms with van der Waals surface area (Å²) in [7, 11) is 0. The summed E-state index contributed by atoms with van der Waals surface area (Å²) in [5.74, 6) is 0.652. The van der Waals surface area contributed by atoms with Gasteiger partial charge in [-0.15, -0.1) is 0 Å². The fraction of sp³-hybridized carbons (Fsp3) is 0.250. The predicted molar refractivity (Wildman–Crippen MR) is 96.0 cm³/mol. The molecular formula is C20H19N5. The summed E-state index contributed by atoms with van der Waals surface area (Å²) in [6.45, 7) is 0.788. The maximum atomic E-state index is 9.26. The molecule has 0 aliphatic heterocycles. The number of rotatable bonds is 4. The molecular weight excluding hydrogens is 310 g/mol. The van der Waals surface area contributed by atoms with E-state index in [-0.39, 0.29) is 6.04 Å². The second kappa shape index (κ2) is 6.78. The van der Waals surface area contributed by atoms with Gasteiger partial charge in [0.05, 0.1) is 24.3 Å². The Kier molecular flexibility index (Phi) is 4.17. The van der Waals surface area contributed by atoms with Crippen LogP contribution < -0.4 is 5.32 Å². The summed E-state index contributed by atoms with van der Waals surface area (Å²) < 4.78 is 2.10. The summed E-state index contributed by atoms with van der Waals surface area (Å²) in [5, 5.41) is 17.3. The molecule has 25 heavy (non-hydrogen) atoms. The van der Waals surface area contributed by atoms with E-state index in [1.165, 1.54) is 16.8 Å². The van der Waals surface area contributed by atoms with E-state index < -0.39 is 0 Å². The molecule has 0 amide bonds. The van der Waals surface area contributed by atoms with Gasteiger partial charge in [0, 0.05) is 17.5 Å². The highest BCUT2D eigenvalue weighted by atomic mass is 15.3. The Bertz CT molecular complexity index is 907. The Morgan fingerprint density at radius 2 is 2.08 bits per heavy atom. The van der Waals surface area contributed by atoms with Gasteiger partial charge in [0.25, 0.3) is 0 Å². The number of nitrogens with zero attached hydrogens (tertiary/aromatic N) is 4. The lowest BCUT2D eigenvalue weighted by molar-refractivity contribution is 0.555. The van der Waals surface area contributed by atoms with Crippen molar-refractivity contribution in [2.75, 3.05) is 5.32 Å². The van der Waals surface area contributed by atoms with Gasteiger partial charge in [0.15, 0.2) is 0 Å². The third kappa shape index (κ3) is 3.11. The van der Waals surface area contributed by atoms with E-state index >= 15 is 0 Å². The van der Waals surface area contributed by atoms with Crippen LogP contribution in [0.1, 0.15) is 41.3 Å². The average molecular weight is 329 g/mol. The van der Waals surface area contributed by atoms with Gasteiger partial charge >= 0.3 is 0 Å². The Balaban J connectivity index is 1.60. The molecule has 124 valence electrons. The number of benzene rings is 1. The van der Waals surface area contributed by atoms with Crippen molar-refractivity contribution in [2.24, 2.45) is 0 Å². The van der Waals surface area contributed by atoms with E-state index in [0.717, 1.165) is 25.8 Å². The van der Waals surface area contributed by atoms with Crippen LogP contribution in [0.3, 0.4) is 0 Å². The van der Waals surface area contributed by atoms with Crippen LogP contribution in [0.5, 0.6) is 0 Å². The molecule has 2 aromatic heterocycles. The average Bonchev–Trinajstić information content (AvgIpc) is 3.07. The molecule has 1 aliphatic rings. The van der Waals surface area contributed by atoms with Crippen LogP contribution in [-0.4, -0.2) is 14.8 Å². The topological polar surface area (TPSA) is 66.5 Å². The van der Waals surface area contributed by atoms with Crippen molar-refractivity contribution < 1.29 is 0 Å². The maximum Gasteiger partial charge on any atom is 0.144 e. The van der Waals surface area contributed by atoms with Crippen molar-refractivity contribution in [1.82, 2.24) is 14.8 Å². The minimum atomic E-state index is 0.148. The second-order valence-electron chi connectivity index (χ2n) is 6.29. The number of fused-ring (bicyclic) bond motifs is 1. The molecule has 1 atom stereocenters. The number of pyridine rings is 1. The van der Waals surface area contributed by atoms with Gasteiger partial charge in [-0.05, 0) is 37.0 Å². The van der Waals surface area contributed by atoms with Gasteiger partial charge in [-0.1, -0.05) is 30.3 Å². The van der Waals surface area contributed by atoms with Gasteiger partial charge in [-0.3, -0.25) is 4.68 Å². The molecule has 0 fully saturated rings. The number of anilines is 1. The first-order valence-corrected chi connectivity index (χ1v) is 8.55. The van der Waals surface area contributed by atoms with E-state index in [9.17, 15) is 5.26 Å². The van der Waals surface area contributed by atoms with Gasteiger partial charge < -0.3 is 5.32 Å². The molecule has 2 heterocycles. The highest BCUT2D eigenvalue weighted by Gasteiger charge is 2.25. The van der Waals surface area contributed by atoms with Crippen molar-refractivity contribution >= 4 is 5.82 Å². The monoisotopic (exact) mass is 329 g/mol. The number of nitriles is 1. The summed E-state index contributed by atoms with van der Waals surface area (Å²) >= 11 is 0. The molecule has 5 heteroatoms. The first kappa shape index (κ1) is 15.4. The van der Waals surface area contributed by atoms with Crippen LogP contribution in [-0.2, 0) is 13.0 Å². The van der Waals surface area contributed by atoms with Crippen LogP contribution >= 0.6 is 0 Å². The van der Waals surface area contributed by atoms with Gasteiger partial charge in [-0.25, -0.2) is 4.98 Å². The standard InChI is InChI=1S/C20H19N5/c21-12-16-8-5-11-22-20(16)24-18-9-4-10-19-17(18)13-23-25(19)14-15-6-2-1-3-7-15/h1-3,5-8,11,13,18H,4,9-10,14H2,(H,22,24). The van der Waals surface area contributed by atoms with Crippen molar-refractivity contribution in [2.45, 2.75) is 31.8 Å². The second-order valence-corrected chi connectivity index (χ2v) is 6.29. The number of nitrogens with one attached hydrogen (secondary N) is 1.